The minimum absolute atomic E-state index is 0.0136. The summed E-state index contributed by atoms with van der Waals surface area (Å²) in [5.41, 5.74) is 1.92. The number of piperidine rings is 1. The number of methoxy groups -OCH3 is 1. The Kier molecular flexibility index (Phi) is 6.23. The van der Waals surface area contributed by atoms with Crippen LogP contribution in [-0.2, 0) is 22.4 Å². The summed E-state index contributed by atoms with van der Waals surface area (Å²) in [5, 5.41) is 15.3. The molecule has 1 N–H and O–H groups in total. The number of aromatic nitrogens is 2. The third-order valence-corrected chi connectivity index (χ3v) is 5.80. The predicted octanol–water partition coefficient (Wildman–Crippen LogP) is 2.32. The minimum Gasteiger partial charge on any atom is -0.390 e. The van der Waals surface area contributed by atoms with E-state index in [1.807, 2.05) is 18.7 Å². The van der Waals surface area contributed by atoms with Crippen LogP contribution in [0.4, 0.5) is 0 Å². The van der Waals surface area contributed by atoms with Crippen LogP contribution in [0.25, 0.3) is 0 Å². The highest BCUT2D eigenvalue weighted by Crippen LogP contribution is 2.33. The summed E-state index contributed by atoms with van der Waals surface area (Å²) in [6.45, 7) is 8.32. The van der Waals surface area contributed by atoms with Crippen LogP contribution in [0.5, 0.6) is 0 Å². The van der Waals surface area contributed by atoms with E-state index in [2.05, 4.69) is 6.92 Å². The van der Waals surface area contributed by atoms with Crippen LogP contribution in [0.2, 0.25) is 0 Å². The molecule has 0 spiro atoms. The first-order valence-electron chi connectivity index (χ1n) is 10.1. The zero-order chi connectivity index (χ0) is 19.6. The Morgan fingerprint density at radius 2 is 2.07 bits per heavy atom. The fourth-order valence-electron chi connectivity index (χ4n) is 4.36. The Bertz CT molecular complexity index is 664. The van der Waals surface area contributed by atoms with Crippen LogP contribution in [0, 0.1) is 0 Å². The lowest BCUT2D eigenvalue weighted by molar-refractivity contribution is -0.0236. The maximum absolute atomic E-state index is 13.4. The number of rotatable bonds is 6. The lowest BCUT2D eigenvalue weighted by Gasteiger charge is -2.38. The second-order valence-electron chi connectivity index (χ2n) is 7.99. The molecule has 152 valence electrons. The molecule has 0 saturated carbocycles. The minimum atomic E-state index is -0.627. The second kappa shape index (κ2) is 8.29. The largest absolute Gasteiger partial charge is 0.390 e. The van der Waals surface area contributed by atoms with E-state index in [0.717, 1.165) is 24.1 Å². The summed E-state index contributed by atoms with van der Waals surface area (Å²) in [5.74, 6) is 0.0136. The van der Waals surface area contributed by atoms with Gasteiger partial charge in [0.25, 0.3) is 5.91 Å². The van der Waals surface area contributed by atoms with E-state index < -0.39 is 5.60 Å². The molecule has 3 heterocycles. The summed E-state index contributed by atoms with van der Waals surface area (Å²) in [7, 11) is 1.65. The number of hydrogen-bond acceptors (Lipinski definition) is 5. The fourth-order valence-corrected chi connectivity index (χ4v) is 4.36. The maximum Gasteiger partial charge on any atom is 0.272 e. The Hall–Kier alpha value is -1.44. The van der Waals surface area contributed by atoms with Crippen molar-refractivity contribution in [3.8, 4) is 0 Å². The molecule has 1 amide bonds. The number of carbonyl (C=O) groups is 1. The quantitative estimate of drug-likeness (QED) is 0.821. The van der Waals surface area contributed by atoms with E-state index in [9.17, 15) is 9.90 Å². The van der Waals surface area contributed by atoms with Gasteiger partial charge in [0.1, 0.15) is 5.69 Å². The van der Waals surface area contributed by atoms with Gasteiger partial charge in [0.2, 0.25) is 0 Å². The van der Waals surface area contributed by atoms with Gasteiger partial charge >= 0.3 is 0 Å². The van der Waals surface area contributed by atoms with Gasteiger partial charge in [-0.2, -0.15) is 5.10 Å². The molecule has 7 nitrogen and oxygen atoms in total. The maximum atomic E-state index is 13.4. The molecule has 2 atom stereocenters. The molecule has 2 aliphatic heterocycles. The van der Waals surface area contributed by atoms with E-state index >= 15 is 0 Å². The van der Waals surface area contributed by atoms with Crippen molar-refractivity contribution in [2.45, 2.75) is 77.2 Å². The number of aliphatic hydroxyl groups is 1. The van der Waals surface area contributed by atoms with Gasteiger partial charge in [0, 0.05) is 32.2 Å². The van der Waals surface area contributed by atoms with E-state index in [1.165, 1.54) is 0 Å². The summed E-state index contributed by atoms with van der Waals surface area (Å²) in [6, 6.07) is 0. The van der Waals surface area contributed by atoms with Gasteiger partial charge in [-0.05, 0) is 33.1 Å². The standard InChI is InChI=1S/C20H33N3O4/c1-5-6-20(25)7-9-22(10-8-20)19(24)18-16-13-14(2)27-15(3)17(16)21-23(18)11-12-26-4/h14-15,25H,5-13H2,1-4H3/t14-,15+/m1/s1. The van der Waals surface area contributed by atoms with Crippen LogP contribution in [0.15, 0.2) is 0 Å². The Morgan fingerprint density at radius 1 is 1.37 bits per heavy atom. The number of nitrogens with zero attached hydrogens (tertiary/aromatic N) is 3. The van der Waals surface area contributed by atoms with E-state index in [1.54, 1.807) is 11.8 Å². The Balaban J connectivity index is 1.85. The summed E-state index contributed by atoms with van der Waals surface area (Å²) >= 11 is 0. The summed E-state index contributed by atoms with van der Waals surface area (Å²) in [4.78, 5) is 15.3. The molecule has 7 heteroatoms. The number of fused-ring (bicyclic) bond motifs is 1. The van der Waals surface area contributed by atoms with Gasteiger partial charge in [-0.15, -0.1) is 0 Å². The average Bonchev–Trinajstić information content (AvgIpc) is 2.98. The van der Waals surface area contributed by atoms with Crippen LogP contribution in [-0.4, -0.2) is 64.2 Å². The number of ether oxygens (including phenoxy) is 2. The molecule has 3 rings (SSSR count). The molecule has 1 fully saturated rings. The smallest absolute Gasteiger partial charge is 0.272 e. The molecule has 1 saturated heterocycles. The van der Waals surface area contributed by atoms with Gasteiger partial charge in [0.05, 0.1) is 36.7 Å². The van der Waals surface area contributed by atoms with Crippen LogP contribution >= 0.6 is 0 Å². The number of likely N-dealkylation sites (tertiary alicyclic amines) is 1. The third-order valence-electron chi connectivity index (χ3n) is 5.80. The number of carbonyl (C=O) groups excluding carboxylic acids is 1. The molecule has 1 aromatic rings. The molecular weight excluding hydrogens is 346 g/mol. The van der Waals surface area contributed by atoms with Crippen LogP contribution in [0.3, 0.4) is 0 Å². The van der Waals surface area contributed by atoms with Crippen LogP contribution < -0.4 is 0 Å². The molecule has 0 unspecified atom stereocenters. The van der Waals surface area contributed by atoms with E-state index in [0.29, 0.717) is 51.2 Å². The van der Waals surface area contributed by atoms with Crippen molar-refractivity contribution < 1.29 is 19.4 Å². The highest BCUT2D eigenvalue weighted by molar-refractivity contribution is 5.94. The molecule has 2 aliphatic rings. The Morgan fingerprint density at radius 3 is 2.70 bits per heavy atom. The van der Waals surface area contributed by atoms with Crippen molar-refractivity contribution in [2.75, 3.05) is 26.8 Å². The fraction of sp³-hybridized carbons (Fsp3) is 0.800. The van der Waals surface area contributed by atoms with Gasteiger partial charge in [-0.1, -0.05) is 13.3 Å². The van der Waals surface area contributed by atoms with Gasteiger partial charge < -0.3 is 19.5 Å². The molecule has 0 bridgehead atoms. The number of hydrogen-bond donors (Lipinski definition) is 1. The topological polar surface area (TPSA) is 76.8 Å². The second-order valence-corrected chi connectivity index (χ2v) is 7.99. The van der Waals surface area contributed by atoms with E-state index in [4.69, 9.17) is 14.6 Å². The van der Waals surface area contributed by atoms with Crippen molar-refractivity contribution >= 4 is 5.91 Å². The molecular formula is C20H33N3O4. The number of amides is 1. The SMILES string of the molecule is CCCC1(O)CCN(C(=O)c2c3c(nn2CCOC)[C@H](C)O[C@H](C)C3)CC1. The molecule has 0 aliphatic carbocycles. The summed E-state index contributed by atoms with van der Waals surface area (Å²) in [6.07, 6.45) is 3.67. The zero-order valence-electron chi connectivity index (χ0n) is 17.0. The highest BCUT2D eigenvalue weighted by Gasteiger charge is 2.37. The van der Waals surface area contributed by atoms with Crippen LogP contribution in [0.1, 0.15) is 74.3 Å². The lowest BCUT2D eigenvalue weighted by atomic mass is 9.87. The molecule has 0 radical (unpaired) electrons. The molecule has 27 heavy (non-hydrogen) atoms. The average molecular weight is 380 g/mol. The van der Waals surface area contributed by atoms with Crippen molar-refractivity contribution in [2.24, 2.45) is 0 Å². The predicted molar refractivity (Wildman–Crippen MR) is 102 cm³/mol. The van der Waals surface area contributed by atoms with Crippen molar-refractivity contribution in [1.82, 2.24) is 14.7 Å². The molecule has 0 aromatic carbocycles. The first kappa shape index (κ1) is 20.3. The Labute approximate surface area is 161 Å². The van der Waals surface area contributed by atoms with Crippen molar-refractivity contribution in [3.05, 3.63) is 17.0 Å². The van der Waals surface area contributed by atoms with Crippen molar-refractivity contribution in [3.63, 3.8) is 0 Å². The summed E-state index contributed by atoms with van der Waals surface area (Å²) < 4.78 is 12.9. The first-order chi connectivity index (χ1) is 12.9. The van der Waals surface area contributed by atoms with Gasteiger partial charge in [0.15, 0.2) is 0 Å². The lowest BCUT2D eigenvalue weighted by Crippen LogP contribution is -2.47. The van der Waals surface area contributed by atoms with E-state index in [-0.39, 0.29) is 18.1 Å². The third kappa shape index (κ3) is 4.20. The van der Waals surface area contributed by atoms with Gasteiger partial charge in [-0.3, -0.25) is 9.48 Å². The molecule has 1 aromatic heterocycles. The van der Waals surface area contributed by atoms with Crippen molar-refractivity contribution in [1.29, 1.82) is 0 Å². The zero-order valence-corrected chi connectivity index (χ0v) is 17.0. The van der Waals surface area contributed by atoms with Gasteiger partial charge in [-0.25, -0.2) is 0 Å². The monoisotopic (exact) mass is 379 g/mol. The highest BCUT2D eigenvalue weighted by atomic mass is 16.5. The normalized spacial score (nSPS) is 24.7. The first-order valence-corrected chi connectivity index (χ1v) is 10.1.